The Labute approximate surface area is 203 Å². The predicted molar refractivity (Wildman–Crippen MR) is 139 cm³/mol. The van der Waals surface area contributed by atoms with Crippen LogP contribution < -0.4 is 10.2 Å². The minimum absolute atomic E-state index is 0.787. The van der Waals surface area contributed by atoms with Gasteiger partial charge in [-0.15, -0.1) is 0 Å². The highest BCUT2D eigenvalue weighted by molar-refractivity contribution is 6.00. The van der Waals surface area contributed by atoms with Crippen LogP contribution in [-0.2, 0) is 6.54 Å². The molecule has 178 valence electrons. The highest BCUT2D eigenvalue weighted by atomic mass is 15.3. The van der Waals surface area contributed by atoms with E-state index in [9.17, 15) is 0 Å². The average molecular weight is 468 g/mol. The average Bonchev–Trinajstić information content (AvgIpc) is 3.51. The van der Waals surface area contributed by atoms with Crippen LogP contribution in [0.15, 0.2) is 49.2 Å². The first kappa shape index (κ1) is 21.7. The van der Waals surface area contributed by atoms with E-state index in [1.807, 2.05) is 31.0 Å². The molecule has 6 rings (SSSR count). The number of nitrogens with one attached hydrogen (secondary N) is 3. The molecule has 1 aliphatic heterocycles. The van der Waals surface area contributed by atoms with Crippen molar-refractivity contribution >= 4 is 27.5 Å². The quantitative estimate of drug-likeness (QED) is 0.352. The van der Waals surface area contributed by atoms with Crippen LogP contribution in [0.4, 0.5) is 5.69 Å². The normalized spacial score (nSPS) is 14.9. The third-order valence-electron chi connectivity index (χ3n) is 6.74. The predicted octanol–water partition coefficient (Wildman–Crippen LogP) is 3.42. The number of aromatic nitrogens is 6. The van der Waals surface area contributed by atoms with Gasteiger partial charge in [0, 0.05) is 61.5 Å². The molecule has 0 aromatic carbocycles. The summed E-state index contributed by atoms with van der Waals surface area (Å²) < 4.78 is 0. The molecule has 0 bridgehead atoms. The maximum Gasteiger partial charge on any atom is 0.116 e. The van der Waals surface area contributed by atoms with Gasteiger partial charge in [-0.1, -0.05) is 6.92 Å². The van der Waals surface area contributed by atoms with Gasteiger partial charge in [0.15, 0.2) is 0 Å². The molecular formula is C26H29N9. The van der Waals surface area contributed by atoms with Crippen molar-refractivity contribution in [3.8, 4) is 22.6 Å². The third kappa shape index (κ3) is 4.13. The van der Waals surface area contributed by atoms with Crippen LogP contribution in [0, 0.1) is 0 Å². The molecule has 1 aliphatic rings. The van der Waals surface area contributed by atoms with Gasteiger partial charge in [-0.25, -0.2) is 0 Å². The van der Waals surface area contributed by atoms with E-state index in [0.29, 0.717) is 0 Å². The second-order valence-corrected chi connectivity index (χ2v) is 9.14. The highest BCUT2D eigenvalue weighted by Crippen LogP contribution is 2.34. The van der Waals surface area contributed by atoms with Crippen LogP contribution in [0.2, 0.25) is 0 Å². The second kappa shape index (κ2) is 9.09. The van der Waals surface area contributed by atoms with E-state index in [0.717, 1.165) is 83.9 Å². The topological polar surface area (TPSA) is 102 Å². The molecule has 1 fully saturated rings. The monoisotopic (exact) mass is 467 g/mol. The lowest BCUT2D eigenvalue weighted by atomic mass is 10.1. The molecule has 9 nitrogen and oxygen atoms in total. The number of rotatable bonds is 6. The van der Waals surface area contributed by atoms with Crippen LogP contribution >= 0.6 is 0 Å². The summed E-state index contributed by atoms with van der Waals surface area (Å²) in [7, 11) is 2.17. The van der Waals surface area contributed by atoms with Crippen LogP contribution in [0.3, 0.4) is 0 Å². The molecule has 0 aliphatic carbocycles. The Morgan fingerprint density at radius 3 is 2.63 bits per heavy atom. The standard InChI is InChI=1S/C26H29N9/c1-3-27-11-17-8-18(13-28-12-17)21-10-20-24(15-30-21)32-33-26(20)22-9-19-23(31-22)14-29-16-25(19)35-6-4-34(2)5-7-35/h8-10,12-16,27,31H,3-7,11H2,1-2H3,(H,32,33). The minimum atomic E-state index is 0.787. The Balaban J connectivity index is 1.38. The second-order valence-electron chi connectivity index (χ2n) is 9.14. The Morgan fingerprint density at radius 2 is 1.77 bits per heavy atom. The number of anilines is 1. The first-order valence-corrected chi connectivity index (χ1v) is 12.1. The smallest absolute Gasteiger partial charge is 0.116 e. The lowest BCUT2D eigenvalue weighted by Gasteiger charge is -2.34. The van der Waals surface area contributed by atoms with Gasteiger partial charge in [-0.2, -0.15) is 5.10 Å². The number of hydrogen-bond acceptors (Lipinski definition) is 7. The van der Waals surface area contributed by atoms with Crippen molar-refractivity contribution in [2.24, 2.45) is 0 Å². The van der Waals surface area contributed by atoms with Gasteiger partial charge >= 0.3 is 0 Å². The first-order valence-electron chi connectivity index (χ1n) is 12.1. The molecule has 3 N–H and O–H groups in total. The number of nitrogens with zero attached hydrogens (tertiary/aromatic N) is 6. The molecule has 0 radical (unpaired) electrons. The molecule has 0 saturated carbocycles. The molecule has 1 saturated heterocycles. The lowest BCUT2D eigenvalue weighted by molar-refractivity contribution is 0.313. The van der Waals surface area contributed by atoms with E-state index >= 15 is 0 Å². The fraction of sp³-hybridized carbons (Fsp3) is 0.308. The molecule has 35 heavy (non-hydrogen) atoms. The summed E-state index contributed by atoms with van der Waals surface area (Å²) in [5, 5.41) is 13.3. The molecule has 5 aromatic heterocycles. The molecular weight excluding hydrogens is 438 g/mol. The van der Waals surface area contributed by atoms with Gasteiger partial charge in [0.2, 0.25) is 0 Å². The van der Waals surface area contributed by atoms with E-state index in [1.54, 1.807) is 0 Å². The number of H-pyrrole nitrogens is 2. The highest BCUT2D eigenvalue weighted by Gasteiger charge is 2.19. The Morgan fingerprint density at radius 1 is 0.914 bits per heavy atom. The van der Waals surface area contributed by atoms with Crippen molar-refractivity contribution in [1.29, 1.82) is 0 Å². The van der Waals surface area contributed by atoms with Crippen molar-refractivity contribution in [3.63, 3.8) is 0 Å². The summed E-state index contributed by atoms with van der Waals surface area (Å²) in [6.45, 7) is 7.91. The van der Waals surface area contributed by atoms with Gasteiger partial charge in [0.25, 0.3) is 0 Å². The molecule has 0 unspecified atom stereocenters. The summed E-state index contributed by atoms with van der Waals surface area (Å²) in [5.74, 6) is 0. The largest absolute Gasteiger partial charge is 0.367 e. The Hall–Kier alpha value is -3.82. The van der Waals surface area contributed by atoms with Gasteiger partial charge in [0.1, 0.15) is 5.69 Å². The Bertz CT molecular complexity index is 1480. The summed E-state index contributed by atoms with van der Waals surface area (Å²) in [6.07, 6.45) is 9.47. The van der Waals surface area contributed by atoms with Crippen molar-refractivity contribution in [2.75, 3.05) is 44.7 Å². The van der Waals surface area contributed by atoms with E-state index in [1.165, 1.54) is 11.1 Å². The number of hydrogen-bond donors (Lipinski definition) is 3. The number of aromatic amines is 2. The van der Waals surface area contributed by atoms with Gasteiger partial charge < -0.3 is 20.1 Å². The number of pyridine rings is 3. The van der Waals surface area contributed by atoms with E-state index in [2.05, 4.69) is 77.4 Å². The summed E-state index contributed by atoms with van der Waals surface area (Å²) in [6, 6.07) is 6.42. The number of likely N-dealkylation sites (N-methyl/N-ethyl adjacent to an activating group) is 1. The van der Waals surface area contributed by atoms with Crippen LogP contribution in [0.5, 0.6) is 0 Å². The van der Waals surface area contributed by atoms with Crippen molar-refractivity contribution in [1.82, 2.24) is 40.3 Å². The van der Waals surface area contributed by atoms with E-state index in [4.69, 9.17) is 0 Å². The van der Waals surface area contributed by atoms with Crippen LogP contribution in [0.25, 0.3) is 44.5 Å². The minimum Gasteiger partial charge on any atom is -0.367 e. The fourth-order valence-corrected chi connectivity index (χ4v) is 4.74. The maximum absolute atomic E-state index is 4.67. The lowest BCUT2D eigenvalue weighted by Crippen LogP contribution is -2.44. The summed E-state index contributed by atoms with van der Waals surface area (Å²) >= 11 is 0. The number of piperazine rings is 1. The zero-order valence-electron chi connectivity index (χ0n) is 20.0. The fourth-order valence-electron chi connectivity index (χ4n) is 4.74. The Kier molecular flexibility index (Phi) is 5.63. The molecule has 0 spiro atoms. The van der Waals surface area contributed by atoms with Crippen molar-refractivity contribution in [3.05, 3.63) is 54.7 Å². The SMILES string of the molecule is CCNCc1cncc(-c2cc3c(-c4cc5c(N6CCN(C)CC6)cncc5[nH]4)n[nH]c3cn2)c1. The molecule has 0 atom stereocenters. The van der Waals surface area contributed by atoms with Crippen molar-refractivity contribution < 1.29 is 0 Å². The molecule has 6 heterocycles. The summed E-state index contributed by atoms with van der Waals surface area (Å²) in [5.41, 5.74) is 7.93. The zero-order chi connectivity index (χ0) is 23.8. The first-order chi connectivity index (χ1) is 17.2. The van der Waals surface area contributed by atoms with Gasteiger partial charge in [-0.3, -0.25) is 20.1 Å². The molecule has 9 heteroatoms. The van der Waals surface area contributed by atoms with E-state index in [-0.39, 0.29) is 0 Å². The zero-order valence-corrected chi connectivity index (χ0v) is 20.0. The summed E-state index contributed by atoms with van der Waals surface area (Å²) in [4.78, 5) is 21.9. The molecule has 5 aromatic rings. The van der Waals surface area contributed by atoms with Crippen LogP contribution in [-0.4, -0.2) is 74.8 Å². The number of fused-ring (bicyclic) bond motifs is 2. The van der Waals surface area contributed by atoms with Crippen molar-refractivity contribution in [2.45, 2.75) is 13.5 Å². The van der Waals surface area contributed by atoms with E-state index < -0.39 is 0 Å². The molecule has 0 amide bonds. The third-order valence-corrected chi connectivity index (χ3v) is 6.74. The maximum atomic E-state index is 4.67. The van der Waals surface area contributed by atoms with Crippen LogP contribution in [0.1, 0.15) is 12.5 Å². The van der Waals surface area contributed by atoms with Gasteiger partial charge in [0.05, 0.1) is 46.7 Å². The van der Waals surface area contributed by atoms with Gasteiger partial charge in [-0.05, 0) is 37.4 Å².